The molecular formula is C16H27NO2S. The third-order valence-electron chi connectivity index (χ3n) is 3.43. The Morgan fingerprint density at radius 1 is 1.25 bits per heavy atom. The van der Waals surface area contributed by atoms with Crippen molar-refractivity contribution in [2.75, 3.05) is 25.7 Å². The number of phenolic OH excluding ortho intramolecular Hbond substituents is 1. The molecule has 1 rings (SSSR count). The maximum absolute atomic E-state index is 9.90. The Labute approximate surface area is 127 Å². The molecule has 1 aromatic carbocycles. The number of hydrogen-bond donors (Lipinski definition) is 2. The summed E-state index contributed by atoms with van der Waals surface area (Å²) in [5.41, 5.74) is 0.895. The molecule has 0 bridgehead atoms. The topological polar surface area (TPSA) is 41.5 Å². The molecule has 0 aromatic heterocycles. The quantitative estimate of drug-likeness (QED) is 0.641. The van der Waals surface area contributed by atoms with Crippen LogP contribution in [0.2, 0.25) is 0 Å². The molecule has 1 atom stereocenters. The van der Waals surface area contributed by atoms with E-state index in [1.54, 1.807) is 19.2 Å². The number of benzene rings is 1. The van der Waals surface area contributed by atoms with Crippen LogP contribution in [0.25, 0.3) is 0 Å². The smallest absolute Gasteiger partial charge is 0.120 e. The van der Waals surface area contributed by atoms with E-state index < -0.39 is 0 Å². The Bertz CT molecular complexity index is 385. The molecule has 0 aliphatic heterocycles. The van der Waals surface area contributed by atoms with Crippen molar-refractivity contribution in [3.8, 4) is 11.5 Å². The summed E-state index contributed by atoms with van der Waals surface area (Å²) in [6.07, 6.45) is 7.23. The Kier molecular flexibility index (Phi) is 8.54. The van der Waals surface area contributed by atoms with Crippen LogP contribution in [0.15, 0.2) is 18.2 Å². The van der Waals surface area contributed by atoms with E-state index in [1.807, 2.05) is 17.8 Å². The van der Waals surface area contributed by atoms with Gasteiger partial charge in [0.1, 0.15) is 11.5 Å². The highest BCUT2D eigenvalue weighted by Gasteiger charge is 2.10. The predicted octanol–water partition coefficient (Wildman–Crippen LogP) is 3.97. The fraction of sp³-hybridized carbons (Fsp3) is 0.625. The Morgan fingerprint density at radius 2 is 2.00 bits per heavy atom. The fourth-order valence-corrected chi connectivity index (χ4v) is 2.65. The number of nitrogens with one attached hydrogen (secondary N) is 1. The van der Waals surface area contributed by atoms with Gasteiger partial charge in [-0.2, -0.15) is 11.8 Å². The lowest BCUT2D eigenvalue weighted by molar-refractivity contribution is 0.407. The molecule has 0 aliphatic carbocycles. The van der Waals surface area contributed by atoms with Crippen molar-refractivity contribution < 1.29 is 9.84 Å². The molecule has 3 nitrogen and oxygen atoms in total. The van der Waals surface area contributed by atoms with Gasteiger partial charge < -0.3 is 15.2 Å². The zero-order chi connectivity index (χ0) is 14.8. The predicted molar refractivity (Wildman–Crippen MR) is 87.9 cm³/mol. The maximum Gasteiger partial charge on any atom is 0.120 e. The van der Waals surface area contributed by atoms with Crippen molar-refractivity contribution in [3.05, 3.63) is 23.8 Å². The number of thioether (sulfide) groups is 1. The van der Waals surface area contributed by atoms with E-state index in [0.29, 0.717) is 5.75 Å². The molecule has 1 unspecified atom stereocenters. The summed E-state index contributed by atoms with van der Waals surface area (Å²) in [6.45, 7) is 3.05. The molecule has 1 aromatic rings. The largest absolute Gasteiger partial charge is 0.508 e. The molecule has 0 saturated heterocycles. The van der Waals surface area contributed by atoms with Crippen molar-refractivity contribution >= 4 is 11.8 Å². The minimum Gasteiger partial charge on any atom is -0.508 e. The zero-order valence-electron chi connectivity index (χ0n) is 12.8. The SMILES string of the molecule is COc1ccc(O)c(C(C)NCCCCCCSC)c1. The van der Waals surface area contributed by atoms with E-state index in [0.717, 1.165) is 17.9 Å². The van der Waals surface area contributed by atoms with E-state index in [-0.39, 0.29) is 6.04 Å². The van der Waals surface area contributed by atoms with Crippen molar-refractivity contribution in [3.63, 3.8) is 0 Å². The van der Waals surface area contributed by atoms with Gasteiger partial charge in [0.05, 0.1) is 7.11 Å². The summed E-state index contributed by atoms with van der Waals surface area (Å²) in [6, 6.07) is 5.49. The normalized spacial score (nSPS) is 12.3. The third-order valence-corrected chi connectivity index (χ3v) is 4.12. The number of methoxy groups -OCH3 is 1. The number of ether oxygens (including phenoxy) is 1. The third kappa shape index (κ3) is 6.06. The molecule has 0 aliphatic rings. The summed E-state index contributed by atoms with van der Waals surface area (Å²) >= 11 is 1.92. The van der Waals surface area contributed by atoms with E-state index in [2.05, 4.69) is 18.5 Å². The molecule has 4 heteroatoms. The number of rotatable bonds is 10. The van der Waals surface area contributed by atoms with Gasteiger partial charge in [0.2, 0.25) is 0 Å². The van der Waals surface area contributed by atoms with Gasteiger partial charge in [-0.3, -0.25) is 0 Å². The van der Waals surface area contributed by atoms with Crippen LogP contribution >= 0.6 is 11.8 Å². The first-order valence-corrected chi connectivity index (χ1v) is 8.67. The summed E-state index contributed by atoms with van der Waals surface area (Å²) < 4.78 is 5.20. The zero-order valence-corrected chi connectivity index (χ0v) is 13.6. The first-order valence-electron chi connectivity index (χ1n) is 7.28. The highest BCUT2D eigenvalue weighted by Crippen LogP contribution is 2.28. The number of phenols is 1. The summed E-state index contributed by atoms with van der Waals surface area (Å²) in [7, 11) is 1.64. The fourth-order valence-electron chi connectivity index (χ4n) is 2.16. The molecule has 0 saturated carbocycles. The summed E-state index contributed by atoms with van der Waals surface area (Å²) in [5.74, 6) is 2.37. The molecule has 0 fully saturated rings. The van der Waals surface area contributed by atoms with E-state index in [9.17, 15) is 5.11 Å². The lowest BCUT2D eigenvalue weighted by Crippen LogP contribution is -2.20. The summed E-state index contributed by atoms with van der Waals surface area (Å²) in [5, 5.41) is 13.4. The van der Waals surface area contributed by atoms with Crippen LogP contribution in [0.4, 0.5) is 0 Å². The Morgan fingerprint density at radius 3 is 2.70 bits per heavy atom. The highest BCUT2D eigenvalue weighted by atomic mass is 32.2. The van der Waals surface area contributed by atoms with Gasteiger partial charge >= 0.3 is 0 Å². The van der Waals surface area contributed by atoms with Gasteiger partial charge in [0.15, 0.2) is 0 Å². The maximum atomic E-state index is 9.90. The van der Waals surface area contributed by atoms with Gasteiger partial charge in [-0.1, -0.05) is 12.8 Å². The van der Waals surface area contributed by atoms with Crippen LogP contribution < -0.4 is 10.1 Å². The van der Waals surface area contributed by atoms with Gasteiger partial charge in [0.25, 0.3) is 0 Å². The van der Waals surface area contributed by atoms with E-state index in [4.69, 9.17) is 4.74 Å². The van der Waals surface area contributed by atoms with E-state index >= 15 is 0 Å². The standard InChI is InChI=1S/C16H27NO2S/c1-13(17-10-6-4-5-7-11-20-3)15-12-14(19-2)8-9-16(15)18/h8-9,12-13,17-18H,4-7,10-11H2,1-3H3. The molecule has 2 N–H and O–H groups in total. The van der Waals surface area contributed by atoms with Gasteiger partial charge in [-0.15, -0.1) is 0 Å². The van der Waals surface area contributed by atoms with Crippen molar-refractivity contribution in [1.82, 2.24) is 5.32 Å². The lowest BCUT2D eigenvalue weighted by Gasteiger charge is -2.16. The Hall–Kier alpha value is -0.870. The molecule has 20 heavy (non-hydrogen) atoms. The van der Waals surface area contributed by atoms with Crippen LogP contribution in [-0.2, 0) is 0 Å². The second-order valence-corrected chi connectivity index (χ2v) is 5.99. The van der Waals surface area contributed by atoms with Gasteiger partial charge in [-0.25, -0.2) is 0 Å². The molecule has 114 valence electrons. The molecule has 0 spiro atoms. The minimum atomic E-state index is 0.135. The first kappa shape index (κ1) is 17.2. The minimum absolute atomic E-state index is 0.135. The van der Waals surface area contributed by atoms with Gasteiger partial charge in [0, 0.05) is 11.6 Å². The number of unbranched alkanes of at least 4 members (excludes halogenated alkanes) is 3. The average Bonchev–Trinajstić information content (AvgIpc) is 2.46. The van der Waals surface area contributed by atoms with Crippen molar-refractivity contribution in [1.29, 1.82) is 0 Å². The molecule has 0 amide bonds. The number of aromatic hydroxyl groups is 1. The van der Waals surface area contributed by atoms with E-state index in [1.165, 1.54) is 31.4 Å². The van der Waals surface area contributed by atoms with Crippen molar-refractivity contribution in [2.24, 2.45) is 0 Å². The number of hydrogen-bond acceptors (Lipinski definition) is 4. The average molecular weight is 297 g/mol. The highest BCUT2D eigenvalue weighted by molar-refractivity contribution is 7.98. The molecule has 0 radical (unpaired) electrons. The van der Waals surface area contributed by atoms with Crippen LogP contribution in [0.5, 0.6) is 11.5 Å². The van der Waals surface area contributed by atoms with Crippen LogP contribution in [0.3, 0.4) is 0 Å². The van der Waals surface area contributed by atoms with Crippen LogP contribution in [0.1, 0.15) is 44.2 Å². The van der Waals surface area contributed by atoms with Crippen molar-refractivity contribution in [2.45, 2.75) is 38.6 Å². The summed E-state index contributed by atoms with van der Waals surface area (Å²) in [4.78, 5) is 0. The van der Waals surface area contributed by atoms with Crippen LogP contribution in [-0.4, -0.2) is 30.8 Å². The monoisotopic (exact) mass is 297 g/mol. The lowest BCUT2D eigenvalue weighted by atomic mass is 10.1. The van der Waals surface area contributed by atoms with Crippen LogP contribution in [0, 0.1) is 0 Å². The molecular weight excluding hydrogens is 270 g/mol. The molecule has 0 heterocycles. The first-order chi connectivity index (χ1) is 9.69. The Balaban J connectivity index is 2.30. The second-order valence-electron chi connectivity index (χ2n) is 5.01. The second kappa shape index (κ2) is 9.94. The van der Waals surface area contributed by atoms with Gasteiger partial charge in [-0.05, 0) is 56.5 Å².